The first kappa shape index (κ1) is 40.0. The Balaban J connectivity index is 0.000000450. The fraction of sp³-hybridized carbons (Fsp3) is 0.944. The minimum Gasteiger partial charge on any atom is -0.322 e. The van der Waals surface area contributed by atoms with Crippen LogP contribution in [0.4, 0.5) is 9.59 Å². The Morgan fingerprint density at radius 2 is 0.721 bits per heavy atom. The van der Waals surface area contributed by atoms with Crippen LogP contribution in [0.3, 0.4) is 0 Å². The van der Waals surface area contributed by atoms with Crippen LogP contribution in [0.15, 0.2) is 10.2 Å². The number of likely N-dealkylation sites (tertiary alicyclic amines) is 2. The van der Waals surface area contributed by atoms with E-state index in [2.05, 4.69) is 31.0 Å². The second-order valence-corrected chi connectivity index (χ2v) is 15.7. The van der Waals surface area contributed by atoms with Crippen LogP contribution in [0.25, 0.3) is 0 Å². The number of unbranched alkanes of at least 4 members (excludes halogenated alkanes) is 15. The number of azo groups is 1. The van der Waals surface area contributed by atoms with Crippen LogP contribution in [0, 0.1) is 0 Å². The number of carbonyl (C=O) groups is 2. The average molecular weight is 623 g/mol. The van der Waals surface area contributed by atoms with Crippen molar-refractivity contribution < 1.29 is 9.59 Å². The molecule has 2 aliphatic heterocycles. The van der Waals surface area contributed by atoms with Crippen molar-refractivity contribution in [3.63, 3.8) is 0 Å². The Labute approximate surface area is 268 Å². The van der Waals surface area contributed by atoms with Crippen LogP contribution in [0.2, 0.25) is 0 Å². The molecule has 0 spiro atoms. The van der Waals surface area contributed by atoms with Gasteiger partial charge in [-0.1, -0.05) is 127 Å². The molecule has 43 heavy (non-hydrogen) atoms. The summed E-state index contributed by atoms with van der Waals surface area (Å²) in [6, 6.07) is -0.750. The Kier molecular flexibility index (Phi) is 27.6. The second-order valence-electron chi connectivity index (χ2n) is 13.0. The van der Waals surface area contributed by atoms with Gasteiger partial charge in [0, 0.05) is 26.2 Å². The van der Waals surface area contributed by atoms with Crippen molar-refractivity contribution >= 4 is 20.0 Å². The summed E-state index contributed by atoms with van der Waals surface area (Å²) in [5, 5.41) is 7.09. The molecule has 6 nitrogen and oxygen atoms in total. The van der Waals surface area contributed by atoms with Gasteiger partial charge >= 0.3 is 12.1 Å². The number of piperidine rings is 2. The van der Waals surface area contributed by atoms with Crippen molar-refractivity contribution in [3.8, 4) is 0 Å². The molecule has 2 fully saturated rings. The standard InChI is InChI=1S/C24H51P.C12H20N4O2/c1-4-7-10-13-16-19-22-25(23-20-17-14-11-8-5-2)24-21-18-15-12-9-6-3;17-11(15-7-3-1-4-8-15)13-14-12(18)16-9-5-2-6-10-16/h4-24H2,1-3H3;1-10H2/b;14-13+. The predicted molar refractivity (Wildman–Crippen MR) is 188 cm³/mol. The molecule has 2 rings (SSSR count). The predicted octanol–water partition coefficient (Wildman–Crippen LogP) is 12.2. The van der Waals surface area contributed by atoms with Gasteiger partial charge in [0.25, 0.3) is 0 Å². The third-order valence-corrected chi connectivity index (χ3v) is 11.8. The van der Waals surface area contributed by atoms with Gasteiger partial charge in [-0.05, 0) is 76.3 Å². The minimum absolute atomic E-state index is 0.366. The molecular weight excluding hydrogens is 551 g/mol. The Hall–Kier alpha value is -1.03. The number of rotatable bonds is 21. The molecule has 0 atom stereocenters. The highest BCUT2D eigenvalue weighted by Crippen LogP contribution is 2.39. The van der Waals surface area contributed by atoms with E-state index < -0.39 is 0 Å². The van der Waals surface area contributed by atoms with E-state index in [-0.39, 0.29) is 12.1 Å². The first-order chi connectivity index (χ1) is 21.1. The monoisotopic (exact) mass is 623 g/mol. The molecule has 2 saturated heterocycles. The summed E-state index contributed by atoms with van der Waals surface area (Å²) in [6.07, 6.45) is 37.6. The van der Waals surface area contributed by atoms with E-state index in [1.807, 2.05) is 0 Å². The molecule has 4 amide bonds. The Morgan fingerprint density at radius 1 is 0.442 bits per heavy atom. The summed E-state index contributed by atoms with van der Waals surface area (Å²) in [7, 11) is 0.366. The molecule has 2 aliphatic rings. The lowest BCUT2D eigenvalue weighted by Crippen LogP contribution is -2.35. The number of hydrogen-bond acceptors (Lipinski definition) is 2. The summed E-state index contributed by atoms with van der Waals surface area (Å²) >= 11 is 0. The van der Waals surface area contributed by atoms with Crippen molar-refractivity contribution in [2.75, 3.05) is 44.7 Å². The maximum atomic E-state index is 11.7. The maximum absolute atomic E-state index is 11.7. The van der Waals surface area contributed by atoms with Gasteiger partial charge in [-0.15, -0.1) is 7.92 Å². The van der Waals surface area contributed by atoms with E-state index in [1.54, 1.807) is 28.3 Å². The van der Waals surface area contributed by atoms with Gasteiger partial charge in [-0.2, -0.15) is 0 Å². The fourth-order valence-electron chi connectivity index (χ4n) is 6.07. The molecule has 0 N–H and O–H groups in total. The van der Waals surface area contributed by atoms with Gasteiger partial charge in [-0.3, -0.25) is 0 Å². The first-order valence-corrected chi connectivity index (χ1v) is 20.7. The second kappa shape index (κ2) is 29.7. The molecular formula is C36H71N4O2P. The summed E-state index contributed by atoms with van der Waals surface area (Å²) in [6.45, 7) is 9.89. The van der Waals surface area contributed by atoms with Crippen LogP contribution in [0.1, 0.15) is 175 Å². The van der Waals surface area contributed by atoms with Crippen LogP contribution in [-0.4, -0.2) is 66.5 Å². The number of urea groups is 2. The molecule has 0 aromatic heterocycles. The molecule has 0 radical (unpaired) electrons. The summed E-state index contributed by atoms with van der Waals surface area (Å²) in [5.41, 5.74) is 0. The van der Waals surface area contributed by atoms with Gasteiger partial charge in [-0.25, -0.2) is 9.59 Å². The first-order valence-electron chi connectivity index (χ1n) is 18.8. The van der Waals surface area contributed by atoms with E-state index >= 15 is 0 Å². The summed E-state index contributed by atoms with van der Waals surface area (Å²) in [4.78, 5) is 26.7. The number of amides is 4. The molecule has 0 aromatic carbocycles. The van der Waals surface area contributed by atoms with Gasteiger partial charge in [0.15, 0.2) is 0 Å². The third-order valence-electron chi connectivity index (χ3n) is 8.96. The van der Waals surface area contributed by atoms with E-state index in [1.165, 1.54) is 116 Å². The van der Waals surface area contributed by atoms with Crippen molar-refractivity contribution in [1.29, 1.82) is 0 Å². The lowest BCUT2D eigenvalue weighted by Gasteiger charge is -2.25. The van der Waals surface area contributed by atoms with Crippen molar-refractivity contribution in [3.05, 3.63) is 0 Å². The summed E-state index contributed by atoms with van der Waals surface area (Å²) in [5.74, 6) is 0. The summed E-state index contributed by atoms with van der Waals surface area (Å²) < 4.78 is 0. The van der Waals surface area contributed by atoms with Gasteiger partial charge in [0.05, 0.1) is 0 Å². The van der Waals surface area contributed by atoms with Gasteiger partial charge in [0.1, 0.15) is 0 Å². The highest BCUT2D eigenvalue weighted by Gasteiger charge is 2.19. The zero-order valence-electron chi connectivity index (χ0n) is 29.0. The van der Waals surface area contributed by atoms with E-state index in [4.69, 9.17) is 0 Å². The quantitative estimate of drug-likeness (QED) is 0.0726. The van der Waals surface area contributed by atoms with Gasteiger partial charge in [0.2, 0.25) is 0 Å². The smallest absolute Gasteiger partial charge is 0.322 e. The van der Waals surface area contributed by atoms with Crippen LogP contribution in [-0.2, 0) is 0 Å². The Morgan fingerprint density at radius 3 is 1.02 bits per heavy atom. The largest absolute Gasteiger partial charge is 0.362 e. The lowest BCUT2D eigenvalue weighted by atomic mass is 10.1. The van der Waals surface area contributed by atoms with Crippen LogP contribution >= 0.6 is 7.92 Å². The topological polar surface area (TPSA) is 65.3 Å². The van der Waals surface area contributed by atoms with Crippen molar-refractivity contribution in [1.82, 2.24) is 9.80 Å². The van der Waals surface area contributed by atoms with Gasteiger partial charge < -0.3 is 9.80 Å². The lowest BCUT2D eigenvalue weighted by molar-refractivity contribution is 0.187. The number of carbonyl (C=O) groups excluding carboxylic acids is 2. The van der Waals surface area contributed by atoms with Crippen molar-refractivity contribution in [2.45, 2.75) is 175 Å². The zero-order chi connectivity index (χ0) is 31.2. The van der Waals surface area contributed by atoms with Crippen LogP contribution in [0.5, 0.6) is 0 Å². The highest BCUT2D eigenvalue weighted by atomic mass is 31.1. The molecule has 0 saturated carbocycles. The molecule has 0 aromatic rings. The van der Waals surface area contributed by atoms with Crippen molar-refractivity contribution in [2.24, 2.45) is 10.2 Å². The zero-order valence-corrected chi connectivity index (χ0v) is 29.9. The molecule has 252 valence electrons. The average Bonchev–Trinajstić information content (AvgIpc) is 3.05. The molecule has 0 bridgehead atoms. The van der Waals surface area contributed by atoms with E-state index in [9.17, 15) is 9.59 Å². The van der Waals surface area contributed by atoms with Crippen LogP contribution < -0.4 is 0 Å². The Bertz CT molecular complexity index is 608. The normalized spacial score (nSPS) is 15.6. The third kappa shape index (κ3) is 23.0. The highest BCUT2D eigenvalue weighted by molar-refractivity contribution is 7.57. The molecule has 2 heterocycles. The van der Waals surface area contributed by atoms with E-state index in [0.29, 0.717) is 7.92 Å². The maximum Gasteiger partial charge on any atom is 0.362 e. The van der Waals surface area contributed by atoms with E-state index in [0.717, 1.165) is 64.7 Å². The number of hydrogen-bond donors (Lipinski definition) is 0. The minimum atomic E-state index is -0.375. The number of nitrogens with zero attached hydrogens (tertiary/aromatic N) is 4. The fourth-order valence-corrected chi connectivity index (χ4v) is 8.75. The molecule has 7 heteroatoms. The SMILES string of the molecule is CCCCCCCCP(CCCCCCCC)CCCCCCCC.O=C(/N=N/C(=O)N1CCCCC1)N1CCCCC1. The molecule has 0 unspecified atom stereocenters. The molecule has 0 aliphatic carbocycles.